The smallest absolute Gasteiger partial charge is 0.243 e. The third-order valence-corrected chi connectivity index (χ3v) is 7.56. The third kappa shape index (κ3) is 3.55. The summed E-state index contributed by atoms with van der Waals surface area (Å²) in [5.41, 5.74) is 1.38. The highest BCUT2D eigenvalue weighted by Gasteiger charge is 2.41. The molecule has 1 aromatic carbocycles. The third-order valence-electron chi connectivity index (χ3n) is 5.68. The standard InChI is InChI=1S/C20H29N3O4S/c1-12(2)21-18(24)14-6-8-23(9-7-14)28(26,27)15-10-13(3)17-16(11-15)20(4,5)19(25)22-17/h10-12,14H,6-9H2,1-5H3,(H,21,24)(H,22,25). The average molecular weight is 408 g/mol. The van der Waals surface area contributed by atoms with Crippen LogP contribution in [0, 0.1) is 12.8 Å². The van der Waals surface area contributed by atoms with Gasteiger partial charge in [0.2, 0.25) is 21.8 Å². The molecule has 2 heterocycles. The summed E-state index contributed by atoms with van der Waals surface area (Å²) < 4.78 is 27.9. The summed E-state index contributed by atoms with van der Waals surface area (Å²) in [4.78, 5) is 24.6. The van der Waals surface area contributed by atoms with E-state index in [-0.39, 0.29) is 28.7 Å². The summed E-state index contributed by atoms with van der Waals surface area (Å²) in [7, 11) is -3.68. The number of benzene rings is 1. The van der Waals surface area contributed by atoms with Crippen LogP contribution in [0.1, 0.15) is 51.7 Å². The van der Waals surface area contributed by atoms with E-state index in [2.05, 4.69) is 10.6 Å². The van der Waals surface area contributed by atoms with Gasteiger partial charge in [-0.15, -0.1) is 0 Å². The normalized spacial score (nSPS) is 20.1. The molecule has 2 N–H and O–H groups in total. The zero-order chi connectivity index (χ0) is 20.9. The Bertz CT molecular complexity index is 914. The Balaban J connectivity index is 1.82. The number of hydrogen-bond acceptors (Lipinski definition) is 4. The van der Waals surface area contributed by atoms with Gasteiger partial charge in [0.1, 0.15) is 0 Å². The van der Waals surface area contributed by atoms with Gasteiger partial charge in [-0.3, -0.25) is 9.59 Å². The first-order valence-corrected chi connectivity index (χ1v) is 11.2. The van der Waals surface area contributed by atoms with E-state index in [4.69, 9.17) is 0 Å². The van der Waals surface area contributed by atoms with E-state index < -0.39 is 15.4 Å². The van der Waals surface area contributed by atoms with Gasteiger partial charge in [-0.25, -0.2) is 8.42 Å². The van der Waals surface area contributed by atoms with Crippen molar-refractivity contribution in [1.82, 2.24) is 9.62 Å². The molecule has 0 radical (unpaired) electrons. The molecule has 1 aromatic rings. The van der Waals surface area contributed by atoms with E-state index in [1.165, 1.54) is 4.31 Å². The lowest BCUT2D eigenvalue weighted by molar-refractivity contribution is -0.126. The van der Waals surface area contributed by atoms with E-state index in [1.54, 1.807) is 26.0 Å². The fourth-order valence-electron chi connectivity index (χ4n) is 3.86. The highest BCUT2D eigenvalue weighted by Crippen LogP contribution is 2.41. The van der Waals surface area contributed by atoms with Crippen LogP contribution in [-0.4, -0.2) is 43.7 Å². The molecule has 0 atom stereocenters. The molecule has 154 valence electrons. The molecule has 0 bridgehead atoms. The second-order valence-corrected chi connectivity index (χ2v) is 10.5. The van der Waals surface area contributed by atoms with E-state index >= 15 is 0 Å². The Morgan fingerprint density at radius 1 is 1.25 bits per heavy atom. The van der Waals surface area contributed by atoms with Crippen LogP contribution in [0.4, 0.5) is 5.69 Å². The van der Waals surface area contributed by atoms with Crippen molar-refractivity contribution in [2.24, 2.45) is 5.92 Å². The number of nitrogens with zero attached hydrogens (tertiary/aromatic N) is 1. The van der Waals surface area contributed by atoms with Crippen LogP contribution < -0.4 is 10.6 Å². The minimum Gasteiger partial charge on any atom is -0.354 e. The van der Waals surface area contributed by atoms with Gasteiger partial charge >= 0.3 is 0 Å². The number of carbonyl (C=O) groups excluding carboxylic acids is 2. The van der Waals surface area contributed by atoms with Gasteiger partial charge in [0.25, 0.3) is 0 Å². The van der Waals surface area contributed by atoms with Crippen LogP contribution in [0.2, 0.25) is 0 Å². The zero-order valence-electron chi connectivity index (χ0n) is 17.1. The lowest BCUT2D eigenvalue weighted by atomic mass is 9.85. The minimum absolute atomic E-state index is 0.00763. The summed E-state index contributed by atoms with van der Waals surface area (Å²) in [6, 6.07) is 3.31. The van der Waals surface area contributed by atoms with E-state index in [0.29, 0.717) is 37.2 Å². The predicted molar refractivity (Wildman–Crippen MR) is 108 cm³/mol. The summed E-state index contributed by atoms with van der Waals surface area (Å²) in [6.07, 6.45) is 1.01. The maximum Gasteiger partial charge on any atom is 0.243 e. The van der Waals surface area contributed by atoms with Crippen molar-refractivity contribution >= 4 is 27.5 Å². The molecule has 2 aliphatic rings. The molecule has 7 nitrogen and oxygen atoms in total. The number of aryl methyl sites for hydroxylation is 1. The molecule has 0 saturated carbocycles. The second kappa shape index (κ2) is 7.15. The molecule has 0 spiro atoms. The molecule has 0 aromatic heterocycles. The topological polar surface area (TPSA) is 95.6 Å². The van der Waals surface area contributed by atoms with E-state index in [9.17, 15) is 18.0 Å². The summed E-state index contributed by atoms with van der Waals surface area (Å²) in [5, 5.41) is 5.76. The number of carbonyl (C=O) groups is 2. The molecule has 2 aliphatic heterocycles. The predicted octanol–water partition coefficient (Wildman–Crippen LogP) is 2.15. The van der Waals surface area contributed by atoms with Crippen molar-refractivity contribution < 1.29 is 18.0 Å². The number of fused-ring (bicyclic) bond motifs is 1. The molecule has 8 heteroatoms. The first kappa shape index (κ1) is 20.8. The van der Waals surface area contributed by atoms with Crippen molar-refractivity contribution in [1.29, 1.82) is 0 Å². The largest absolute Gasteiger partial charge is 0.354 e. The Labute approximate surface area is 166 Å². The van der Waals surface area contributed by atoms with Crippen LogP contribution in [-0.2, 0) is 25.0 Å². The number of piperidine rings is 1. The molecular weight excluding hydrogens is 378 g/mol. The number of rotatable bonds is 4. The van der Waals surface area contributed by atoms with Crippen LogP contribution in [0.3, 0.4) is 0 Å². The first-order valence-electron chi connectivity index (χ1n) is 9.71. The molecular formula is C20H29N3O4S. The first-order chi connectivity index (χ1) is 12.9. The maximum atomic E-state index is 13.2. The lowest BCUT2D eigenvalue weighted by Gasteiger charge is -2.31. The van der Waals surface area contributed by atoms with Crippen LogP contribution in [0.5, 0.6) is 0 Å². The van der Waals surface area contributed by atoms with Gasteiger partial charge in [-0.2, -0.15) is 4.31 Å². The number of hydrogen-bond donors (Lipinski definition) is 2. The van der Waals surface area contributed by atoms with Crippen molar-refractivity contribution in [3.05, 3.63) is 23.3 Å². The fraction of sp³-hybridized carbons (Fsp3) is 0.600. The van der Waals surface area contributed by atoms with Crippen molar-refractivity contribution in [2.45, 2.75) is 63.8 Å². The molecule has 1 saturated heterocycles. The van der Waals surface area contributed by atoms with Gasteiger partial charge < -0.3 is 10.6 Å². The molecule has 28 heavy (non-hydrogen) atoms. The molecule has 3 rings (SSSR count). The van der Waals surface area contributed by atoms with Crippen molar-refractivity contribution in [3.63, 3.8) is 0 Å². The fourth-order valence-corrected chi connectivity index (χ4v) is 5.45. The maximum absolute atomic E-state index is 13.2. The molecule has 1 fully saturated rings. The number of sulfonamides is 1. The quantitative estimate of drug-likeness (QED) is 0.799. The van der Waals surface area contributed by atoms with Crippen molar-refractivity contribution in [3.8, 4) is 0 Å². The summed E-state index contributed by atoms with van der Waals surface area (Å²) in [5.74, 6) is -0.291. The second-order valence-electron chi connectivity index (χ2n) is 8.58. The average Bonchev–Trinajstić information content (AvgIpc) is 2.85. The van der Waals surface area contributed by atoms with Crippen LogP contribution in [0.25, 0.3) is 0 Å². The molecule has 0 unspecified atom stereocenters. The Morgan fingerprint density at radius 2 is 1.86 bits per heavy atom. The van der Waals surface area contributed by atoms with Gasteiger partial charge in [-0.05, 0) is 70.7 Å². The summed E-state index contributed by atoms with van der Waals surface area (Å²) in [6.45, 7) is 9.85. The highest BCUT2D eigenvalue weighted by atomic mass is 32.2. The number of anilines is 1. The molecule has 0 aliphatic carbocycles. The Kier molecular flexibility index (Phi) is 5.31. The van der Waals surface area contributed by atoms with Crippen LogP contribution >= 0.6 is 0 Å². The van der Waals surface area contributed by atoms with Gasteiger partial charge in [0.15, 0.2) is 0 Å². The Hall–Kier alpha value is -1.93. The van der Waals surface area contributed by atoms with Gasteiger partial charge in [0.05, 0.1) is 10.3 Å². The van der Waals surface area contributed by atoms with E-state index in [0.717, 1.165) is 5.56 Å². The zero-order valence-corrected chi connectivity index (χ0v) is 17.9. The van der Waals surface area contributed by atoms with Gasteiger partial charge in [-0.1, -0.05) is 0 Å². The SMILES string of the molecule is Cc1cc(S(=O)(=O)N2CCC(C(=O)NC(C)C)CC2)cc2c1NC(=O)C2(C)C. The minimum atomic E-state index is -3.68. The number of amides is 2. The number of nitrogens with one attached hydrogen (secondary N) is 2. The van der Waals surface area contributed by atoms with Gasteiger partial charge in [0, 0.05) is 30.7 Å². The van der Waals surface area contributed by atoms with Crippen molar-refractivity contribution in [2.75, 3.05) is 18.4 Å². The monoisotopic (exact) mass is 407 g/mol. The van der Waals surface area contributed by atoms with E-state index in [1.807, 2.05) is 20.8 Å². The highest BCUT2D eigenvalue weighted by molar-refractivity contribution is 7.89. The van der Waals surface area contributed by atoms with Crippen LogP contribution in [0.15, 0.2) is 17.0 Å². The Morgan fingerprint density at radius 3 is 2.43 bits per heavy atom. The summed E-state index contributed by atoms with van der Waals surface area (Å²) >= 11 is 0. The lowest BCUT2D eigenvalue weighted by Crippen LogP contribution is -2.44. The molecule has 2 amide bonds.